The van der Waals surface area contributed by atoms with Crippen LogP contribution in [0.4, 0.5) is 5.82 Å². The van der Waals surface area contributed by atoms with Crippen molar-refractivity contribution in [3.05, 3.63) is 77.4 Å². The van der Waals surface area contributed by atoms with Gasteiger partial charge in [-0.3, -0.25) is 5.43 Å². The number of hydrogen-bond acceptors (Lipinski definition) is 5. The highest BCUT2D eigenvalue weighted by Gasteiger charge is 1.98. The summed E-state index contributed by atoms with van der Waals surface area (Å²) in [7, 11) is 0. The number of anilines is 1. The Hall–Kier alpha value is -2.92. The third-order valence-corrected chi connectivity index (χ3v) is 3.06. The number of hydrogen-bond donors (Lipinski definition) is 1. The van der Waals surface area contributed by atoms with Crippen molar-refractivity contribution in [1.29, 1.82) is 0 Å². The number of rotatable bonds is 5. The van der Waals surface area contributed by atoms with Gasteiger partial charge in [-0.1, -0.05) is 41.9 Å². The van der Waals surface area contributed by atoms with Gasteiger partial charge in [0, 0.05) is 0 Å². The van der Waals surface area contributed by atoms with Crippen LogP contribution in [0, 0.1) is 0 Å². The average Bonchev–Trinajstić information content (AvgIpc) is 2.58. The van der Waals surface area contributed by atoms with Gasteiger partial charge in [-0.05, 0) is 42.0 Å². The first-order valence-corrected chi connectivity index (χ1v) is 7.29. The lowest BCUT2D eigenvalue weighted by molar-refractivity contribution is 0.482. The third-order valence-electron chi connectivity index (χ3n) is 2.86. The van der Waals surface area contributed by atoms with Gasteiger partial charge in [0.25, 0.3) is 0 Å². The van der Waals surface area contributed by atoms with E-state index in [2.05, 4.69) is 20.7 Å². The minimum atomic E-state index is 0.338. The molecule has 0 saturated carbocycles. The van der Waals surface area contributed by atoms with Crippen molar-refractivity contribution in [1.82, 2.24) is 10.2 Å². The second kappa shape index (κ2) is 7.38. The Balaban J connectivity index is 1.65. The van der Waals surface area contributed by atoms with E-state index in [1.54, 1.807) is 18.3 Å². The first-order valence-electron chi connectivity index (χ1n) is 6.91. The molecule has 1 aromatic heterocycles. The van der Waals surface area contributed by atoms with Crippen LogP contribution in [0.1, 0.15) is 5.56 Å². The molecule has 0 spiro atoms. The predicted molar refractivity (Wildman–Crippen MR) is 91.2 cm³/mol. The molecule has 6 heteroatoms. The summed E-state index contributed by atoms with van der Waals surface area (Å²) in [6, 6.07) is 20.6. The van der Waals surface area contributed by atoms with Crippen LogP contribution in [0.5, 0.6) is 11.5 Å². The fourth-order valence-corrected chi connectivity index (χ4v) is 1.93. The number of halogens is 1. The molecule has 23 heavy (non-hydrogen) atoms. The summed E-state index contributed by atoms with van der Waals surface area (Å²) in [5.41, 5.74) is 3.68. The monoisotopic (exact) mass is 324 g/mol. The average molecular weight is 325 g/mol. The van der Waals surface area contributed by atoms with Crippen LogP contribution >= 0.6 is 11.6 Å². The molecule has 3 rings (SSSR count). The van der Waals surface area contributed by atoms with Gasteiger partial charge in [0.15, 0.2) is 11.0 Å². The van der Waals surface area contributed by atoms with E-state index >= 15 is 0 Å². The SMILES string of the molecule is Clc1ccc(NN=Cc2cccc(Oc3ccccc3)c2)nn1. The largest absolute Gasteiger partial charge is 0.457 e. The summed E-state index contributed by atoms with van der Waals surface area (Å²) < 4.78 is 5.78. The van der Waals surface area contributed by atoms with Crippen molar-refractivity contribution in [3.8, 4) is 11.5 Å². The van der Waals surface area contributed by atoms with Crippen LogP contribution < -0.4 is 10.2 Å². The lowest BCUT2D eigenvalue weighted by Crippen LogP contribution is -1.95. The predicted octanol–water partition coefficient (Wildman–Crippen LogP) is 4.37. The minimum absolute atomic E-state index is 0.338. The van der Waals surface area contributed by atoms with E-state index in [0.717, 1.165) is 17.1 Å². The molecule has 0 aliphatic rings. The van der Waals surface area contributed by atoms with Crippen LogP contribution in [0.2, 0.25) is 5.15 Å². The van der Waals surface area contributed by atoms with Gasteiger partial charge in [-0.25, -0.2) is 0 Å². The second-order valence-corrected chi connectivity index (χ2v) is 4.99. The number of aromatic nitrogens is 2. The maximum Gasteiger partial charge on any atom is 0.168 e. The smallest absolute Gasteiger partial charge is 0.168 e. The fraction of sp³-hybridized carbons (Fsp3) is 0. The van der Waals surface area contributed by atoms with Gasteiger partial charge >= 0.3 is 0 Å². The molecule has 0 saturated heterocycles. The normalized spacial score (nSPS) is 10.7. The quantitative estimate of drug-likeness (QED) is 0.559. The van der Waals surface area contributed by atoms with Crippen LogP contribution in [0.15, 0.2) is 71.8 Å². The molecule has 5 nitrogen and oxygen atoms in total. The summed E-state index contributed by atoms with van der Waals surface area (Å²) in [6.07, 6.45) is 1.67. The molecule has 0 atom stereocenters. The second-order valence-electron chi connectivity index (χ2n) is 4.60. The van der Waals surface area contributed by atoms with Crippen molar-refractivity contribution in [2.24, 2.45) is 5.10 Å². The third kappa shape index (κ3) is 4.52. The van der Waals surface area contributed by atoms with Crippen molar-refractivity contribution in [3.63, 3.8) is 0 Å². The summed E-state index contributed by atoms with van der Waals surface area (Å²) >= 11 is 5.67. The molecule has 0 radical (unpaired) electrons. The van der Waals surface area contributed by atoms with Gasteiger partial charge in [-0.15, -0.1) is 10.2 Å². The molecule has 3 aromatic rings. The van der Waals surface area contributed by atoms with Crippen LogP contribution in [-0.2, 0) is 0 Å². The van der Waals surface area contributed by atoms with E-state index in [0.29, 0.717) is 11.0 Å². The Morgan fingerprint density at radius 2 is 1.74 bits per heavy atom. The first-order chi connectivity index (χ1) is 11.3. The number of hydrazone groups is 1. The van der Waals surface area contributed by atoms with E-state index in [-0.39, 0.29) is 0 Å². The Morgan fingerprint density at radius 1 is 0.913 bits per heavy atom. The van der Waals surface area contributed by atoms with Crippen LogP contribution in [0.3, 0.4) is 0 Å². The number of ether oxygens (including phenoxy) is 1. The lowest BCUT2D eigenvalue weighted by atomic mass is 10.2. The molecule has 0 fully saturated rings. The molecule has 0 unspecified atom stereocenters. The number of benzene rings is 2. The van der Waals surface area contributed by atoms with Crippen LogP contribution in [0.25, 0.3) is 0 Å². The van der Waals surface area contributed by atoms with Crippen LogP contribution in [-0.4, -0.2) is 16.4 Å². The molecule has 2 aromatic carbocycles. The molecule has 1 heterocycles. The van der Waals surface area contributed by atoms with Gasteiger partial charge in [0.1, 0.15) is 11.5 Å². The highest BCUT2D eigenvalue weighted by molar-refractivity contribution is 6.29. The molecule has 114 valence electrons. The Kier molecular flexibility index (Phi) is 4.81. The standard InChI is InChI=1S/C17H13ClN4O/c18-16-9-10-17(22-20-16)21-19-12-13-5-4-8-15(11-13)23-14-6-2-1-3-7-14/h1-12H,(H,21,22). The van der Waals surface area contributed by atoms with E-state index in [4.69, 9.17) is 16.3 Å². The van der Waals surface area contributed by atoms with Gasteiger partial charge in [-0.2, -0.15) is 5.10 Å². The Morgan fingerprint density at radius 3 is 2.52 bits per heavy atom. The maximum absolute atomic E-state index is 5.78. The number of nitrogens with zero attached hydrogens (tertiary/aromatic N) is 3. The summed E-state index contributed by atoms with van der Waals surface area (Å²) in [5.74, 6) is 2.05. The van der Waals surface area contributed by atoms with Gasteiger partial charge in [0.2, 0.25) is 0 Å². The van der Waals surface area contributed by atoms with Crippen molar-refractivity contribution in [2.75, 3.05) is 5.43 Å². The maximum atomic E-state index is 5.78. The molecule has 0 aliphatic heterocycles. The van der Waals surface area contributed by atoms with E-state index < -0.39 is 0 Å². The highest BCUT2D eigenvalue weighted by Crippen LogP contribution is 2.21. The van der Waals surface area contributed by atoms with Crippen molar-refractivity contribution >= 4 is 23.6 Å². The van der Waals surface area contributed by atoms with Gasteiger partial charge < -0.3 is 4.74 Å². The molecule has 0 aliphatic carbocycles. The zero-order chi connectivity index (χ0) is 15.9. The van der Waals surface area contributed by atoms with E-state index in [1.807, 2.05) is 54.6 Å². The first kappa shape index (κ1) is 15.0. The van der Waals surface area contributed by atoms with E-state index in [9.17, 15) is 0 Å². The molecule has 1 N–H and O–H groups in total. The minimum Gasteiger partial charge on any atom is -0.457 e. The summed E-state index contributed by atoms with van der Waals surface area (Å²) in [5, 5.41) is 12.0. The van der Waals surface area contributed by atoms with E-state index in [1.165, 1.54) is 0 Å². The molecule has 0 amide bonds. The van der Waals surface area contributed by atoms with Crippen molar-refractivity contribution < 1.29 is 4.74 Å². The zero-order valence-electron chi connectivity index (χ0n) is 12.1. The number of nitrogens with one attached hydrogen (secondary N) is 1. The summed E-state index contributed by atoms with van der Waals surface area (Å²) in [6.45, 7) is 0. The molecular weight excluding hydrogens is 312 g/mol. The molecule has 0 bridgehead atoms. The van der Waals surface area contributed by atoms with Crippen molar-refractivity contribution in [2.45, 2.75) is 0 Å². The lowest BCUT2D eigenvalue weighted by Gasteiger charge is -2.05. The topological polar surface area (TPSA) is 59.4 Å². The Labute approximate surface area is 138 Å². The van der Waals surface area contributed by atoms with Gasteiger partial charge in [0.05, 0.1) is 6.21 Å². The Bertz CT molecular complexity index is 791. The fourth-order valence-electron chi connectivity index (χ4n) is 1.83. The summed E-state index contributed by atoms with van der Waals surface area (Å²) in [4.78, 5) is 0. The molecular formula is C17H13ClN4O. The number of para-hydroxylation sites is 1. The zero-order valence-corrected chi connectivity index (χ0v) is 12.8. The highest BCUT2D eigenvalue weighted by atomic mass is 35.5.